The van der Waals surface area contributed by atoms with E-state index in [2.05, 4.69) is 20.6 Å². The fourth-order valence-corrected chi connectivity index (χ4v) is 3.41. The highest BCUT2D eigenvalue weighted by atomic mass is 16.1. The first-order valence-corrected chi connectivity index (χ1v) is 7.93. The molecule has 6 nitrogen and oxygen atoms in total. The molecule has 0 bridgehead atoms. The lowest BCUT2D eigenvalue weighted by molar-refractivity contribution is -0.124. The molecule has 2 atom stereocenters. The van der Waals surface area contributed by atoms with Gasteiger partial charge >= 0.3 is 0 Å². The van der Waals surface area contributed by atoms with Crippen LogP contribution in [0.3, 0.4) is 0 Å². The van der Waals surface area contributed by atoms with Gasteiger partial charge in [-0.1, -0.05) is 0 Å². The molecule has 1 aromatic heterocycles. The van der Waals surface area contributed by atoms with Crippen LogP contribution >= 0.6 is 0 Å². The molecule has 1 aromatic rings. The number of nitrogens with one attached hydrogen (secondary N) is 2. The first-order chi connectivity index (χ1) is 10.2. The quantitative estimate of drug-likeness (QED) is 0.797. The first-order valence-electron chi connectivity index (χ1n) is 7.93. The molecule has 2 aliphatic rings. The molecule has 1 amide bonds. The Morgan fingerprint density at radius 2 is 2.24 bits per heavy atom. The second-order valence-corrected chi connectivity index (χ2v) is 6.16. The van der Waals surface area contributed by atoms with E-state index in [0.29, 0.717) is 0 Å². The van der Waals surface area contributed by atoms with Crippen LogP contribution in [0.25, 0.3) is 0 Å². The van der Waals surface area contributed by atoms with Gasteiger partial charge in [0.2, 0.25) is 5.91 Å². The van der Waals surface area contributed by atoms with Gasteiger partial charge in [-0.15, -0.1) is 0 Å². The van der Waals surface area contributed by atoms with E-state index in [1.165, 1.54) is 25.9 Å². The van der Waals surface area contributed by atoms with Crippen molar-refractivity contribution in [2.45, 2.75) is 18.8 Å². The van der Waals surface area contributed by atoms with Gasteiger partial charge in [0.1, 0.15) is 0 Å². The SMILES string of the molecule is Cn1cc([C@H]2CNC[C@@H]2C(=O)NCCN2CCCC2)cn1. The molecule has 3 rings (SSSR count). The van der Waals surface area contributed by atoms with Gasteiger partial charge in [0.25, 0.3) is 0 Å². The van der Waals surface area contributed by atoms with Gasteiger partial charge in [0, 0.05) is 45.3 Å². The number of carbonyl (C=O) groups excluding carboxylic acids is 1. The first kappa shape index (κ1) is 14.5. The fraction of sp³-hybridized carbons (Fsp3) is 0.733. The topological polar surface area (TPSA) is 62.2 Å². The average Bonchev–Trinajstić information content (AvgIpc) is 3.18. The molecule has 0 unspecified atom stereocenters. The maximum atomic E-state index is 12.4. The maximum absolute atomic E-state index is 12.4. The molecule has 6 heteroatoms. The lowest BCUT2D eigenvalue weighted by atomic mass is 9.90. The van der Waals surface area contributed by atoms with Crippen molar-refractivity contribution in [2.75, 3.05) is 39.3 Å². The predicted octanol–water partition coefficient (Wildman–Crippen LogP) is -0.0649. The summed E-state index contributed by atoms with van der Waals surface area (Å²) in [6.45, 7) is 5.71. The van der Waals surface area contributed by atoms with Crippen LogP contribution in [0.15, 0.2) is 12.4 Å². The minimum atomic E-state index is 0.0211. The van der Waals surface area contributed by atoms with Gasteiger partial charge in [-0.05, 0) is 31.5 Å². The van der Waals surface area contributed by atoms with Gasteiger partial charge in [-0.3, -0.25) is 9.48 Å². The lowest BCUT2D eigenvalue weighted by Gasteiger charge is -2.19. The number of carbonyl (C=O) groups is 1. The third-order valence-corrected chi connectivity index (χ3v) is 4.63. The number of hydrogen-bond donors (Lipinski definition) is 2. The van der Waals surface area contributed by atoms with E-state index in [-0.39, 0.29) is 17.7 Å². The summed E-state index contributed by atoms with van der Waals surface area (Å²) in [4.78, 5) is 14.8. The smallest absolute Gasteiger partial charge is 0.225 e. The Labute approximate surface area is 125 Å². The number of likely N-dealkylation sites (tertiary alicyclic amines) is 1. The molecule has 0 saturated carbocycles. The van der Waals surface area contributed by atoms with Gasteiger partial charge in [-0.25, -0.2) is 0 Å². The molecule has 3 heterocycles. The summed E-state index contributed by atoms with van der Waals surface area (Å²) >= 11 is 0. The van der Waals surface area contributed by atoms with Gasteiger partial charge in [-0.2, -0.15) is 5.10 Å². The Balaban J connectivity index is 1.51. The molecule has 116 valence electrons. The molecular formula is C15H25N5O. The van der Waals surface area contributed by atoms with E-state index in [1.807, 2.05) is 19.4 Å². The van der Waals surface area contributed by atoms with Crippen molar-refractivity contribution in [1.82, 2.24) is 25.3 Å². The van der Waals surface area contributed by atoms with Gasteiger partial charge in [0.05, 0.1) is 12.1 Å². The predicted molar refractivity (Wildman–Crippen MR) is 81.0 cm³/mol. The van der Waals surface area contributed by atoms with Crippen molar-refractivity contribution < 1.29 is 4.79 Å². The third-order valence-electron chi connectivity index (χ3n) is 4.63. The molecule has 0 spiro atoms. The van der Waals surface area contributed by atoms with Crippen LogP contribution in [0.4, 0.5) is 0 Å². The largest absolute Gasteiger partial charge is 0.355 e. The van der Waals surface area contributed by atoms with Crippen LogP contribution in [0, 0.1) is 5.92 Å². The maximum Gasteiger partial charge on any atom is 0.225 e. The fourth-order valence-electron chi connectivity index (χ4n) is 3.41. The highest BCUT2D eigenvalue weighted by Gasteiger charge is 2.34. The summed E-state index contributed by atoms with van der Waals surface area (Å²) < 4.78 is 1.80. The zero-order chi connectivity index (χ0) is 14.7. The number of amides is 1. The van der Waals surface area contributed by atoms with Crippen LogP contribution in [0.5, 0.6) is 0 Å². The van der Waals surface area contributed by atoms with Crippen molar-refractivity contribution in [3.8, 4) is 0 Å². The number of rotatable bonds is 5. The van der Waals surface area contributed by atoms with Crippen LogP contribution in [0.1, 0.15) is 24.3 Å². The molecule has 0 radical (unpaired) electrons. The molecule has 0 aliphatic carbocycles. The number of hydrogen-bond acceptors (Lipinski definition) is 4. The van der Waals surface area contributed by atoms with E-state index in [9.17, 15) is 4.79 Å². The highest BCUT2D eigenvalue weighted by Crippen LogP contribution is 2.27. The second kappa shape index (κ2) is 6.58. The molecule has 2 fully saturated rings. The monoisotopic (exact) mass is 291 g/mol. The molecule has 2 aliphatic heterocycles. The summed E-state index contributed by atoms with van der Waals surface area (Å²) in [5, 5.41) is 10.7. The minimum absolute atomic E-state index is 0.0211. The molecule has 0 aromatic carbocycles. The minimum Gasteiger partial charge on any atom is -0.355 e. The molecular weight excluding hydrogens is 266 g/mol. The van der Waals surface area contributed by atoms with E-state index in [1.54, 1.807) is 4.68 Å². The highest BCUT2D eigenvalue weighted by molar-refractivity contribution is 5.80. The van der Waals surface area contributed by atoms with E-state index in [0.717, 1.165) is 31.7 Å². The average molecular weight is 291 g/mol. The number of aromatic nitrogens is 2. The summed E-state index contributed by atoms with van der Waals surface area (Å²) in [6.07, 6.45) is 6.48. The third kappa shape index (κ3) is 3.44. The van der Waals surface area contributed by atoms with Crippen molar-refractivity contribution >= 4 is 5.91 Å². The van der Waals surface area contributed by atoms with E-state index < -0.39 is 0 Å². The Hall–Kier alpha value is -1.40. The van der Waals surface area contributed by atoms with E-state index in [4.69, 9.17) is 0 Å². The van der Waals surface area contributed by atoms with Gasteiger partial charge in [0.15, 0.2) is 0 Å². The summed E-state index contributed by atoms with van der Waals surface area (Å²) in [7, 11) is 1.91. The van der Waals surface area contributed by atoms with Crippen molar-refractivity contribution in [1.29, 1.82) is 0 Å². The van der Waals surface area contributed by atoms with Crippen LogP contribution in [0.2, 0.25) is 0 Å². The molecule has 2 N–H and O–H groups in total. The molecule has 21 heavy (non-hydrogen) atoms. The zero-order valence-electron chi connectivity index (χ0n) is 12.7. The molecule has 2 saturated heterocycles. The van der Waals surface area contributed by atoms with Crippen molar-refractivity contribution in [3.05, 3.63) is 18.0 Å². The van der Waals surface area contributed by atoms with Crippen LogP contribution < -0.4 is 10.6 Å². The van der Waals surface area contributed by atoms with Crippen molar-refractivity contribution in [2.24, 2.45) is 13.0 Å². The summed E-state index contributed by atoms with van der Waals surface area (Å²) in [6, 6.07) is 0. The number of nitrogens with zero attached hydrogens (tertiary/aromatic N) is 3. The second-order valence-electron chi connectivity index (χ2n) is 6.16. The standard InChI is InChI=1S/C15H25N5O/c1-19-11-12(8-18-19)13-9-16-10-14(13)15(21)17-4-7-20-5-2-3-6-20/h8,11,13-14,16H,2-7,9-10H2,1H3,(H,17,21)/t13-,14+/m1/s1. The normalized spacial score (nSPS) is 26.3. The Bertz CT molecular complexity index is 480. The lowest BCUT2D eigenvalue weighted by Crippen LogP contribution is -2.38. The van der Waals surface area contributed by atoms with Crippen LogP contribution in [-0.2, 0) is 11.8 Å². The Morgan fingerprint density at radius 1 is 1.43 bits per heavy atom. The van der Waals surface area contributed by atoms with E-state index >= 15 is 0 Å². The van der Waals surface area contributed by atoms with Gasteiger partial charge < -0.3 is 15.5 Å². The number of aryl methyl sites for hydroxylation is 1. The Morgan fingerprint density at radius 3 is 2.95 bits per heavy atom. The van der Waals surface area contributed by atoms with Crippen LogP contribution in [-0.4, -0.2) is 59.9 Å². The Kier molecular flexibility index (Phi) is 4.55. The zero-order valence-corrected chi connectivity index (χ0v) is 12.7. The van der Waals surface area contributed by atoms with Crippen molar-refractivity contribution in [3.63, 3.8) is 0 Å². The summed E-state index contributed by atoms with van der Waals surface area (Å²) in [5.41, 5.74) is 1.15. The summed E-state index contributed by atoms with van der Waals surface area (Å²) in [5.74, 6) is 0.436.